The Morgan fingerprint density at radius 3 is 2.72 bits per heavy atom. The topological polar surface area (TPSA) is 120 Å². The normalized spacial score (nSPS) is 21.2. The lowest BCUT2D eigenvalue weighted by molar-refractivity contribution is -0.172. The van der Waals surface area contributed by atoms with Crippen LogP contribution in [0.5, 0.6) is 0 Å². The summed E-state index contributed by atoms with van der Waals surface area (Å²) < 4.78 is 27.2. The average Bonchev–Trinajstić information content (AvgIpc) is 3.23. The van der Waals surface area contributed by atoms with Crippen LogP contribution in [0.25, 0.3) is 22.3 Å². The molecule has 3 aliphatic rings. The maximum atomic E-state index is 15.0. The second kappa shape index (κ2) is 8.35. The monoisotopic (exact) mass is 535 g/mol. The second-order valence-electron chi connectivity index (χ2n) is 11.5. The maximum absolute atomic E-state index is 15.0. The Morgan fingerprint density at radius 1 is 1.28 bits per heavy atom. The number of cyclic esters (lactones) is 1. The van der Waals surface area contributed by atoms with E-state index in [1.807, 2.05) is 0 Å². The number of fused-ring (bicyclic) bond motifs is 5. The number of amides is 1. The Labute approximate surface area is 223 Å². The first-order valence-corrected chi connectivity index (χ1v) is 13.1. The number of aromatic nitrogens is 2. The number of hydrogen-bond donors (Lipinski definition) is 2. The minimum atomic E-state index is -1.95. The van der Waals surface area contributed by atoms with Crippen LogP contribution in [0, 0.1) is 12.7 Å². The number of carbonyl (C=O) groups excluding carboxylic acids is 2. The molecule has 3 aromatic rings. The molecule has 1 amide bonds. The minimum absolute atomic E-state index is 0.0285. The third-order valence-corrected chi connectivity index (χ3v) is 8.07. The van der Waals surface area contributed by atoms with Crippen molar-refractivity contribution in [1.82, 2.24) is 14.9 Å². The van der Waals surface area contributed by atoms with E-state index in [1.54, 1.807) is 45.3 Å². The number of aryl methyl sites for hydroxylation is 1. The van der Waals surface area contributed by atoms with E-state index in [0.29, 0.717) is 35.3 Å². The number of nitrogens with zero attached hydrogens (tertiary/aromatic N) is 2. The van der Waals surface area contributed by atoms with Crippen molar-refractivity contribution in [3.63, 3.8) is 0 Å². The Morgan fingerprint density at radius 2 is 2.03 bits per heavy atom. The SMILES string of the molecule is CC[C@@]1(O)C(=O)OCc2c1cc1n(c2=O)Cc2c-1nc1cc(F)c(C)c3c1c2[C@@H](NC(=O)OC(C)(C)C)CC3. The van der Waals surface area contributed by atoms with Gasteiger partial charge in [0.2, 0.25) is 0 Å². The molecular formula is C29H30FN3O6. The highest BCUT2D eigenvalue weighted by Crippen LogP contribution is 2.46. The highest BCUT2D eigenvalue weighted by atomic mass is 19.1. The molecule has 0 radical (unpaired) electrons. The first-order valence-electron chi connectivity index (χ1n) is 13.1. The van der Waals surface area contributed by atoms with Gasteiger partial charge in [-0.15, -0.1) is 0 Å². The lowest BCUT2D eigenvalue weighted by Gasteiger charge is -2.31. The van der Waals surface area contributed by atoms with Crippen LogP contribution in [0.2, 0.25) is 0 Å². The van der Waals surface area contributed by atoms with Crippen molar-refractivity contribution in [2.24, 2.45) is 0 Å². The van der Waals surface area contributed by atoms with Crippen molar-refractivity contribution >= 4 is 23.0 Å². The van der Waals surface area contributed by atoms with Crippen molar-refractivity contribution in [3.05, 3.63) is 61.7 Å². The molecule has 10 heteroatoms. The molecule has 2 N–H and O–H groups in total. The van der Waals surface area contributed by atoms with Crippen LogP contribution >= 0.6 is 0 Å². The number of ether oxygens (including phenoxy) is 2. The number of pyridine rings is 2. The van der Waals surface area contributed by atoms with Gasteiger partial charge >= 0.3 is 12.1 Å². The molecular weight excluding hydrogens is 505 g/mol. The van der Waals surface area contributed by atoms with E-state index < -0.39 is 29.3 Å². The summed E-state index contributed by atoms with van der Waals surface area (Å²) in [6, 6.07) is 2.56. The Balaban J connectivity index is 1.60. The fourth-order valence-corrected chi connectivity index (χ4v) is 6.15. The van der Waals surface area contributed by atoms with E-state index >= 15 is 4.39 Å². The summed E-state index contributed by atoms with van der Waals surface area (Å²) in [4.78, 5) is 43.8. The summed E-state index contributed by atoms with van der Waals surface area (Å²) >= 11 is 0. The summed E-state index contributed by atoms with van der Waals surface area (Å²) in [6.45, 7) is 8.68. The van der Waals surface area contributed by atoms with Crippen LogP contribution in [0.4, 0.5) is 9.18 Å². The number of benzene rings is 1. The van der Waals surface area contributed by atoms with Crippen molar-refractivity contribution in [3.8, 4) is 11.4 Å². The van der Waals surface area contributed by atoms with Gasteiger partial charge < -0.3 is 24.5 Å². The van der Waals surface area contributed by atoms with E-state index in [1.165, 1.54) is 6.07 Å². The smallest absolute Gasteiger partial charge is 0.408 e. The number of hydrogen-bond acceptors (Lipinski definition) is 7. The molecule has 2 atom stereocenters. The zero-order chi connectivity index (χ0) is 28.0. The molecule has 0 unspecified atom stereocenters. The van der Waals surface area contributed by atoms with E-state index in [2.05, 4.69) is 5.32 Å². The summed E-state index contributed by atoms with van der Waals surface area (Å²) in [5.41, 5.74) is 1.60. The molecule has 1 aliphatic carbocycles. The minimum Gasteiger partial charge on any atom is -0.458 e. The Kier molecular flexibility index (Phi) is 5.46. The lowest BCUT2D eigenvalue weighted by atomic mass is 9.81. The molecule has 0 spiro atoms. The third kappa shape index (κ3) is 3.68. The van der Waals surface area contributed by atoms with Gasteiger partial charge in [-0.3, -0.25) is 4.79 Å². The Bertz CT molecular complexity index is 1670. The van der Waals surface area contributed by atoms with Gasteiger partial charge in [-0.05, 0) is 69.7 Å². The van der Waals surface area contributed by atoms with E-state index in [0.717, 1.165) is 22.1 Å². The molecule has 2 aromatic heterocycles. The summed E-state index contributed by atoms with van der Waals surface area (Å²) in [7, 11) is 0. The lowest BCUT2D eigenvalue weighted by Crippen LogP contribution is -2.44. The van der Waals surface area contributed by atoms with Gasteiger partial charge in [0, 0.05) is 22.6 Å². The van der Waals surface area contributed by atoms with Crippen molar-refractivity contribution < 1.29 is 28.6 Å². The van der Waals surface area contributed by atoms with Gasteiger partial charge in [0.1, 0.15) is 18.0 Å². The van der Waals surface area contributed by atoms with Crippen LogP contribution in [-0.2, 0) is 39.4 Å². The number of aliphatic hydroxyl groups is 1. The second-order valence-corrected chi connectivity index (χ2v) is 11.5. The number of esters is 1. The van der Waals surface area contributed by atoms with E-state index in [-0.39, 0.29) is 42.1 Å². The molecule has 6 rings (SSSR count). The number of carbonyl (C=O) groups is 2. The molecule has 204 valence electrons. The molecule has 1 aromatic carbocycles. The predicted octanol–water partition coefficient (Wildman–Crippen LogP) is 4.04. The third-order valence-electron chi connectivity index (χ3n) is 8.07. The average molecular weight is 536 g/mol. The first-order chi connectivity index (χ1) is 18.3. The van der Waals surface area contributed by atoms with E-state index in [4.69, 9.17) is 14.5 Å². The fourth-order valence-electron chi connectivity index (χ4n) is 6.15. The summed E-state index contributed by atoms with van der Waals surface area (Å²) in [5, 5.41) is 14.9. The molecule has 0 bridgehead atoms. The predicted molar refractivity (Wildman–Crippen MR) is 140 cm³/mol. The van der Waals surface area contributed by atoms with Gasteiger partial charge in [-0.25, -0.2) is 19.0 Å². The quantitative estimate of drug-likeness (QED) is 0.372. The van der Waals surface area contributed by atoms with Crippen molar-refractivity contribution in [2.45, 2.75) is 84.3 Å². The zero-order valence-corrected chi connectivity index (χ0v) is 22.5. The molecule has 9 nitrogen and oxygen atoms in total. The van der Waals surface area contributed by atoms with Crippen LogP contribution in [-0.4, -0.2) is 32.3 Å². The van der Waals surface area contributed by atoms with Crippen molar-refractivity contribution in [1.29, 1.82) is 0 Å². The number of nitrogens with one attached hydrogen (secondary N) is 1. The van der Waals surface area contributed by atoms with Crippen molar-refractivity contribution in [2.75, 3.05) is 0 Å². The molecule has 0 saturated heterocycles. The zero-order valence-electron chi connectivity index (χ0n) is 22.5. The molecule has 4 heterocycles. The van der Waals surface area contributed by atoms with Crippen LogP contribution < -0.4 is 10.9 Å². The number of halogens is 1. The van der Waals surface area contributed by atoms with Gasteiger partial charge in [0.05, 0.1) is 35.1 Å². The summed E-state index contributed by atoms with van der Waals surface area (Å²) in [5.74, 6) is -1.18. The molecule has 39 heavy (non-hydrogen) atoms. The van der Waals surface area contributed by atoms with Gasteiger partial charge in [0.15, 0.2) is 5.60 Å². The van der Waals surface area contributed by atoms with Gasteiger partial charge in [-0.1, -0.05) is 6.92 Å². The van der Waals surface area contributed by atoms with Crippen LogP contribution in [0.1, 0.15) is 80.0 Å². The fraction of sp³-hybridized carbons (Fsp3) is 0.448. The highest BCUT2D eigenvalue weighted by Gasteiger charge is 2.46. The van der Waals surface area contributed by atoms with Crippen LogP contribution in [0.3, 0.4) is 0 Å². The number of alkyl carbamates (subject to hydrolysis) is 1. The number of rotatable bonds is 2. The summed E-state index contributed by atoms with van der Waals surface area (Å²) in [6.07, 6.45) is 0.515. The van der Waals surface area contributed by atoms with E-state index in [9.17, 15) is 19.5 Å². The van der Waals surface area contributed by atoms with Crippen LogP contribution in [0.15, 0.2) is 16.9 Å². The largest absolute Gasteiger partial charge is 0.458 e. The standard InChI is InChI=1S/C29H30FN3O6/c1-6-29(37)17-9-21-24-15(11-33(21)25(34)16(17)12-38-26(29)35)23-19(32-27(36)39-28(3,4)5)8-7-14-13(2)18(30)10-20(31-24)22(14)23/h9-10,19,37H,6-8,11-12H2,1-5H3,(H,32,36)/t19-,29-/m0/s1. The Hall–Kier alpha value is -3.79. The molecule has 0 fully saturated rings. The first kappa shape index (κ1) is 25.5. The molecule has 2 aliphatic heterocycles. The van der Waals surface area contributed by atoms with Gasteiger partial charge in [-0.2, -0.15) is 0 Å². The molecule has 0 saturated carbocycles. The van der Waals surface area contributed by atoms with Gasteiger partial charge in [0.25, 0.3) is 5.56 Å². The highest BCUT2D eigenvalue weighted by molar-refractivity contribution is 5.93. The maximum Gasteiger partial charge on any atom is 0.408 e.